The molecule has 1 aromatic heterocycles. The summed E-state index contributed by atoms with van der Waals surface area (Å²) < 4.78 is 10.1. The van der Waals surface area contributed by atoms with Gasteiger partial charge < -0.3 is 19.9 Å². The number of aromatic nitrogens is 2. The van der Waals surface area contributed by atoms with Gasteiger partial charge in [-0.1, -0.05) is 13.8 Å². The van der Waals surface area contributed by atoms with Gasteiger partial charge in [-0.05, 0) is 12.8 Å². The Hall–Kier alpha value is -2.05. The maximum Gasteiger partial charge on any atom is 0.311 e. The van der Waals surface area contributed by atoms with Crippen molar-refractivity contribution in [2.45, 2.75) is 26.7 Å². The van der Waals surface area contributed by atoms with Crippen LogP contribution < -0.4 is 14.8 Å². The molecule has 1 heterocycles. The topological polar surface area (TPSA) is 93.6 Å². The Labute approximate surface area is 118 Å². The van der Waals surface area contributed by atoms with E-state index in [1.54, 1.807) is 6.07 Å². The van der Waals surface area contributed by atoms with Gasteiger partial charge in [-0.3, -0.25) is 4.79 Å². The molecule has 0 saturated heterocycles. The highest BCUT2D eigenvalue weighted by Crippen LogP contribution is 2.27. The minimum absolute atomic E-state index is 0.242. The summed E-state index contributed by atoms with van der Waals surface area (Å²) in [5.41, 5.74) is -0.834. The first-order chi connectivity index (χ1) is 9.51. The van der Waals surface area contributed by atoms with E-state index < -0.39 is 11.4 Å². The molecule has 0 aliphatic rings. The number of hydrogen-bond acceptors (Lipinski definition) is 6. The molecule has 0 bridgehead atoms. The number of methoxy groups -OCH3 is 2. The number of hydrogen-bond donors (Lipinski definition) is 2. The standard InChI is InChI=1S/C13H21N3O4/c1-5-13(6-2,11(17)18)8-14-12-15-9(19-3)7-10(16-12)20-4/h7H,5-6,8H2,1-4H3,(H,17,18)(H,14,15,16). The van der Waals surface area contributed by atoms with Crippen LogP contribution in [-0.2, 0) is 4.79 Å². The molecular weight excluding hydrogens is 262 g/mol. The molecule has 20 heavy (non-hydrogen) atoms. The van der Waals surface area contributed by atoms with E-state index >= 15 is 0 Å². The predicted molar refractivity (Wildman–Crippen MR) is 74.3 cm³/mol. The van der Waals surface area contributed by atoms with Crippen LogP contribution in [-0.4, -0.2) is 41.8 Å². The molecule has 0 aliphatic carbocycles. The zero-order valence-electron chi connectivity index (χ0n) is 12.3. The first-order valence-corrected chi connectivity index (χ1v) is 6.45. The van der Waals surface area contributed by atoms with E-state index in [4.69, 9.17) is 9.47 Å². The Bertz CT molecular complexity index is 439. The fourth-order valence-electron chi connectivity index (χ4n) is 1.82. The lowest BCUT2D eigenvalue weighted by atomic mass is 9.82. The van der Waals surface area contributed by atoms with Gasteiger partial charge in [-0.25, -0.2) is 0 Å². The summed E-state index contributed by atoms with van der Waals surface area (Å²) in [5.74, 6) is 0.167. The van der Waals surface area contributed by atoms with Crippen LogP contribution in [0.3, 0.4) is 0 Å². The maximum atomic E-state index is 11.4. The monoisotopic (exact) mass is 283 g/mol. The molecule has 0 saturated carbocycles. The molecule has 0 amide bonds. The largest absolute Gasteiger partial charge is 0.481 e. The Morgan fingerprint density at radius 2 is 1.75 bits per heavy atom. The normalized spacial score (nSPS) is 11.0. The number of carbonyl (C=O) groups is 1. The molecule has 0 spiro atoms. The molecule has 112 valence electrons. The minimum atomic E-state index is -0.834. The van der Waals surface area contributed by atoms with Crippen molar-refractivity contribution >= 4 is 11.9 Å². The predicted octanol–water partition coefficient (Wildman–Crippen LogP) is 1.80. The molecule has 0 fully saturated rings. The number of carboxylic acid groups (broad SMARTS) is 1. The molecular formula is C13H21N3O4. The van der Waals surface area contributed by atoms with E-state index in [0.717, 1.165) is 0 Å². The number of nitrogens with zero attached hydrogens (tertiary/aromatic N) is 2. The van der Waals surface area contributed by atoms with Crippen LogP contribution in [0.1, 0.15) is 26.7 Å². The van der Waals surface area contributed by atoms with Gasteiger partial charge in [0.05, 0.1) is 25.7 Å². The van der Waals surface area contributed by atoms with E-state index in [-0.39, 0.29) is 12.5 Å². The lowest BCUT2D eigenvalue weighted by molar-refractivity contribution is -0.148. The average Bonchev–Trinajstić information content (AvgIpc) is 2.48. The fraction of sp³-hybridized carbons (Fsp3) is 0.615. The summed E-state index contributed by atoms with van der Waals surface area (Å²) in [7, 11) is 2.98. The summed E-state index contributed by atoms with van der Waals surface area (Å²) in [6.45, 7) is 3.95. The van der Waals surface area contributed by atoms with Gasteiger partial charge >= 0.3 is 5.97 Å². The number of aliphatic carboxylic acids is 1. The third-order valence-corrected chi connectivity index (χ3v) is 3.49. The number of nitrogens with one attached hydrogen (secondary N) is 1. The van der Waals surface area contributed by atoms with Crippen molar-refractivity contribution in [3.63, 3.8) is 0 Å². The van der Waals surface area contributed by atoms with Crippen molar-refractivity contribution < 1.29 is 19.4 Å². The van der Waals surface area contributed by atoms with Crippen LogP contribution >= 0.6 is 0 Å². The SMILES string of the molecule is CCC(CC)(CNc1nc(OC)cc(OC)n1)C(=O)O. The van der Waals surface area contributed by atoms with Gasteiger partial charge in [0.2, 0.25) is 17.7 Å². The summed E-state index contributed by atoms with van der Waals surface area (Å²) >= 11 is 0. The Morgan fingerprint density at radius 3 is 2.10 bits per heavy atom. The zero-order chi connectivity index (χ0) is 15.2. The van der Waals surface area contributed by atoms with Crippen molar-refractivity contribution in [1.82, 2.24) is 9.97 Å². The second-order valence-electron chi connectivity index (χ2n) is 4.42. The van der Waals surface area contributed by atoms with Crippen LogP contribution in [0.4, 0.5) is 5.95 Å². The fourth-order valence-corrected chi connectivity index (χ4v) is 1.82. The third kappa shape index (κ3) is 3.49. The average molecular weight is 283 g/mol. The van der Waals surface area contributed by atoms with Crippen LogP contribution in [0, 0.1) is 5.41 Å². The highest BCUT2D eigenvalue weighted by molar-refractivity contribution is 5.75. The van der Waals surface area contributed by atoms with E-state index in [2.05, 4.69) is 15.3 Å². The summed E-state index contributed by atoms with van der Waals surface area (Å²) in [6, 6.07) is 1.55. The highest BCUT2D eigenvalue weighted by Gasteiger charge is 2.34. The van der Waals surface area contributed by atoms with E-state index in [1.165, 1.54) is 14.2 Å². The number of ether oxygens (including phenoxy) is 2. The lowest BCUT2D eigenvalue weighted by Crippen LogP contribution is -2.37. The van der Waals surface area contributed by atoms with E-state index in [0.29, 0.717) is 24.6 Å². The molecule has 7 heteroatoms. The van der Waals surface area contributed by atoms with Crippen LogP contribution in [0.25, 0.3) is 0 Å². The Balaban J connectivity index is 2.90. The van der Waals surface area contributed by atoms with Crippen LogP contribution in [0.2, 0.25) is 0 Å². The smallest absolute Gasteiger partial charge is 0.311 e. The molecule has 7 nitrogen and oxygen atoms in total. The summed E-state index contributed by atoms with van der Waals surface area (Å²) in [4.78, 5) is 19.6. The lowest BCUT2D eigenvalue weighted by Gasteiger charge is -2.26. The quantitative estimate of drug-likeness (QED) is 0.751. The number of rotatable bonds is 8. The van der Waals surface area contributed by atoms with Gasteiger partial charge in [0.15, 0.2) is 0 Å². The first kappa shape index (κ1) is 16.0. The molecule has 0 aromatic carbocycles. The molecule has 0 radical (unpaired) electrons. The Kier molecular flexibility index (Phi) is 5.54. The second-order valence-corrected chi connectivity index (χ2v) is 4.42. The molecule has 2 N–H and O–H groups in total. The molecule has 0 unspecified atom stereocenters. The third-order valence-electron chi connectivity index (χ3n) is 3.49. The van der Waals surface area contributed by atoms with Gasteiger partial charge in [0, 0.05) is 6.54 Å². The zero-order valence-corrected chi connectivity index (χ0v) is 12.3. The first-order valence-electron chi connectivity index (χ1n) is 6.45. The summed E-state index contributed by atoms with van der Waals surface area (Å²) in [5, 5.41) is 12.3. The van der Waals surface area contributed by atoms with Crippen LogP contribution in [0.5, 0.6) is 11.8 Å². The van der Waals surface area contributed by atoms with Crippen molar-refractivity contribution in [3.8, 4) is 11.8 Å². The van der Waals surface area contributed by atoms with Crippen molar-refractivity contribution in [2.75, 3.05) is 26.1 Å². The minimum Gasteiger partial charge on any atom is -0.481 e. The van der Waals surface area contributed by atoms with Gasteiger partial charge in [-0.2, -0.15) is 9.97 Å². The van der Waals surface area contributed by atoms with Crippen molar-refractivity contribution in [1.29, 1.82) is 0 Å². The molecule has 1 aromatic rings. The van der Waals surface area contributed by atoms with Crippen molar-refractivity contribution in [2.24, 2.45) is 5.41 Å². The Morgan fingerprint density at radius 1 is 1.25 bits per heavy atom. The number of anilines is 1. The molecule has 0 aliphatic heterocycles. The van der Waals surface area contributed by atoms with Crippen LogP contribution in [0.15, 0.2) is 6.07 Å². The van der Waals surface area contributed by atoms with Gasteiger partial charge in [0.25, 0.3) is 0 Å². The molecule has 0 atom stereocenters. The highest BCUT2D eigenvalue weighted by atomic mass is 16.5. The maximum absolute atomic E-state index is 11.4. The number of carboxylic acids is 1. The van der Waals surface area contributed by atoms with E-state index in [9.17, 15) is 9.90 Å². The van der Waals surface area contributed by atoms with Gasteiger partial charge in [0.1, 0.15) is 0 Å². The van der Waals surface area contributed by atoms with E-state index in [1.807, 2.05) is 13.8 Å². The molecule has 1 rings (SSSR count). The summed E-state index contributed by atoms with van der Waals surface area (Å²) in [6.07, 6.45) is 1.04. The van der Waals surface area contributed by atoms with Crippen molar-refractivity contribution in [3.05, 3.63) is 6.07 Å². The van der Waals surface area contributed by atoms with Gasteiger partial charge in [-0.15, -0.1) is 0 Å². The second kappa shape index (κ2) is 6.93.